The molecule has 2 N–H and O–H groups in total. The van der Waals surface area contributed by atoms with Crippen molar-refractivity contribution in [1.82, 2.24) is 0 Å². The fraction of sp³-hybridized carbons (Fsp3) is 0.353. The summed E-state index contributed by atoms with van der Waals surface area (Å²) in [5, 5.41) is 6.29. The molecule has 2 aromatic carbocycles. The highest BCUT2D eigenvalue weighted by atomic mass is 35.5. The van der Waals surface area contributed by atoms with Gasteiger partial charge in [0, 0.05) is 36.8 Å². The van der Waals surface area contributed by atoms with E-state index in [4.69, 9.17) is 11.6 Å². The number of benzene rings is 1. The van der Waals surface area contributed by atoms with Gasteiger partial charge in [-0.15, -0.1) is 0 Å². The summed E-state index contributed by atoms with van der Waals surface area (Å²) in [5.41, 5.74) is 0.577. The van der Waals surface area contributed by atoms with Crippen LogP contribution in [0.2, 0.25) is 5.02 Å². The maximum atomic E-state index is 11.9. The Labute approximate surface area is 144 Å². The van der Waals surface area contributed by atoms with Crippen molar-refractivity contribution >= 4 is 34.6 Å². The van der Waals surface area contributed by atoms with Gasteiger partial charge in [-0.05, 0) is 37.1 Å². The van der Waals surface area contributed by atoms with Gasteiger partial charge in [0.2, 0.25) is 5.91 Å². The van der Waals surface area contributed by atoms with Gasteiger partial charge in [0.1, 0.15) is 11.4 Å². The van der Waals surface area contributed by atoms with Gasteiger partial charge in [0.25, 0.3) is 10.9 Å². The molecule has 0 bridgehead atoms. The molecule has 126 valence electrons. The van der Waals surface area contributed by atoms with E-state index in [9.17, 15) is 14.4 Å². The van der Waals surface area contributed by atoms with Gasteiger partial charge in [-0.2, -0.15) is 0 Å². The number of nitrogens with zero attached hydrogens (tertiary/aromatic N) is 1. The van der Waals surface area contributed by atoms with Crippen LogP contribution < -0.4 is 26.4 Å². The van der Waals surface area contributed by atoms with Crippen molar-refractivity contribution in [3.05, 3.63) is 49.7 Å². The second-order valence-electron chi connectivity index (χ2n) is 5.81. The molecule has 0 radical (unpaired) electrons. The van der Waals surface area contributed by atoms with E-state index >= 15 is 0 Å². The smallest absolute Gasteiger partial charge is 0.253 e. The molecule has 0 aliphatic carbocycles. The third-order valence-electron chi connectivity index (χ3n) is 4.09. The largest absolute Gasteiger partial charge is 0.379 e. The predicted octanol–water partition coefficient (Wildman–Crippen LogP) is 1.98. The summed E-state index contributed by atoms with van der Waals surface area (Å²) >= 11 is 5.79. The van der Waals surface area contributed by atoms with Crippen molar-refractivity contribution in [3.63, 3.8) is 0 Å². The first kappa shape index (κ1) is 16.5. The molecule has 1 heterocycles. The molecular weight excluding hydrogens is 330 g/mol. The number of halogens is 1. The van der Waals surface area contributed by atoms with Crippen molar-refractivity contribution in [2.24, 2.45) is 0 Å². The third kappa shape index (κ3) is 3.43. The number of hydrogen-bond acceptors (Lipinski definition) is 5. The molecule has 0 saturated carbocycles. The molecule has 1 saturated heterocycles. The monoisotopic (exact) mass is 347 g/mol. The van der Waals surface area contributed by atoms with E-state index in [0.717, 1.165) is 25.9 Å². The first-order chi connectivity index (χ1) is 11.6. The maximum absolute atomic E-state index is 11.9. The zero-order valence-electron chi connectivity index (χ0n) is 13.1. The van der Waals surface area contributed by atoms with Gasteiger partial charge < -0.3 is 15.5 Å². The fourth-order valence-electron chi connectivity index (χ4n) is 2.84. The molecule has 0 atom stereocenters. The molecule has 24 heavy (non-hydrogen) atoms. The summed E-state index contributed by atoms with van der Waals surface area (Å²) in [7, 11) is 0. The third-order valence-corrected chi connectivity index (χ3v) is 4.34. The Hall–Kier alpha value is -2.34. The van der Waals surface area contributed by atoms with E-state index in [-0.39, 0.29) is 12.3 Å². The molecular formula is C17H18ClN3O3. The number of carbonyl (C=O) groups is 1. The average Bonchev–Trinajstić information content (AvgIpc) is 3.09. The lowest BCUT2D eigenvalue weighted by Gasteiger charge is -2.22. The van der Waals surface area contributed by atoms with E-state index in [1.54, 1.807) is 24.3 Å². The lowest BCUT2D eigenvalue weighted by atomic mass is 10.1. The summed E-state index contributed by atoms with van der Waals surface area (Å²) in [6.07, 6.45) is 2.25. The Morgan fingerprint density at radius 3 is 2.42 bits per heavy atom. The van der Waals surface area contributed by atoms with Crippen LogP contribution in [-0.2, 0) is 4.79 Å². The average molecular weight is 348 g/mol. The van der Waals surface area contributed by atoms with E-state index in [1.807, 2.05) is 4.90 Å². The summed E-state index contributed by atoms with van der Waals surface area (Å²) in [5.74, 6) is -0.175. The highest BCUT2D eigenvalue weighted by Crippen LogP contribution is 2.24. The maximum Gasteiger partial charge on any atom is 0.253 e. The summed E-state index contributed by atoms with van der Waals surface area (Å²) in [4.78, 5) is 37.3. The number of nitrogens with one attached hydrogen (secondary N) is 2. The summed E-state index contributed by atoms with van der Waals surface area (Å²) in [6.45, 7) is 1.90. The molecule has 7 heteroatoms. The van der Waals surface area contributed by atoms with Crippen LogP contribution in [0.3, 0.4) is 0 Å². The van der Waals surface area contributed by atoms with Crippen LogP contribution in [0.1, 0.15) is 19.3 Å². The molecule has 1 fully saturated rings. The highest BCUT2D eigenvalue weighted by Gasteiger charge is 2.27. The minimum Gasteiger partial charge on any atom is -0.379 e. The Bertz CT molecular complexity index is 803. The lowest BCUT2D eigenvalue weighted by Crippen LogP contribution is -2.42. The zero-order chi connectivity index (χ0) is 17.1. The molecule has 3 rings (SSSR count). The molecule has 6 nitrogen and oxygen atoms in total. The van der Waals surface area contributed by atoms with E-state index in [2.05, 4.69) is 10.6 Å². The topological polar surface area (TPSA) is 78.5 Å². The number of hydrogen-bond donors (Lipinski definition) is 2. The Morgan fingerprint density at radius 1 is 1.08 bits per heavy atom. The van der Waals surface area contributed by atoms with Crippen molar-refractivity contribution < 1.29 is 4.79 Å². The first-order valence-electron chi connectivity index (χ1n) is 7.94. The Morgan fingerprint density at radius 2 is 1.75 bits per heavy atom. The van der Waals surface area contributed by atoms with Crippen molar-refractivity contribution in [1.29, 1.82) is 0 Å². The minimum absolute atomic E-state index is 0.175. The van der Waals surface area contributed by atoms with Crippen LogP contribution in [-0.4, -0.2) is 25.5 Å². The standard InChI is InChI=1S/C17H18ClN3O3/c18-11-3-5-12(6-4-11)20-13(22)7-8-19-14-15(17(24)16(14)23)21-9-1-2-10-21/h3-6,19H,1-2,7-10H2,(H,20,22). The Kier molecular flexibility index (Phi) is 4.85. The molecule has 0 spiro atoms. The quantitative estimate of drug-likeness (QED) is 0.781. The normalized spacial score (nSPS) is 14.1. The van der Waals surface area contributed by atoms with Crippen molar-refractivity contribution in [3.8, 4) is 0 Å². The van der Waals surface area contributed by atoms with Crippen molar-refractivity contribution in [2.45, 2.75) is 19.3 Å². The number of carbonyl (C=O) groups excluding carboxylic acids is 1. The summed E-state index contributed by atoms with van der Waals surface area (Å²) < 4.78 is 0. The summed E-state index contributed by atoms with van der Waals surface area (Å²) in [6, 6.07) is 6.83. The zero-order valence-corrected chi connectivity index (χ0v) is 13.9. The molecule has 1 aliphatic heterocycles. The van der Waals surface area contributed by atoms with Crippen LogP contribution in [0.15, 0.2) is 33.9 Å². The van der Waals surface area contributed by atoms with Crippen LogP contribution in [0.25, 0.3) is 0 Å². The van der Waals surface area contributed by atoms with Crippen LogP contribution in [0.5, 0.6) is 0 Å². The van der Waals surface area contributed by atoms with E-state index in [1.165, 1.54) is 0 Å². The molecule has 1 aliphatic rings. The Balaban J connectivity index is 1.52. The highest BCUT2D eigenvalue weighted by molar-refractivity contribution is 6.30. The van der Waals surface area contributed by atoms with E-state index < -0.39 is 10.9 Å². The van der Waals surface area contributed by atoms with Crippen molar-refractivity contribution in [2.75, 3.05) is 35.2 Å². The van der Waals surface area contributed by atoms with Gasteiger partial charge in [-0.3, -0.25) is 14.4 Å². The molecule has 0 unspecified atom stereocenters. The van der Waals surface area contributed by atoms with E-state index in [0.29, 0.717) is 28.6 Å². The fourth-order valence-corrected chi connectivity index (χ4v) is 2.97. The number of anilines is 3. The van der Waals surface area contributed by atoms with Gasteiger partial charge in [-0.25, -0.2) is 0 Å². The predicted molar refractivity (Wildman–Crippen MR) is 96.0 cm³/mol. The second kappa shape index (κ2) is 7.05. The lowest BCUT2D eigenvalue weighted by molar-refractivity contribution is -0.115. The molecule has 0 aromatic heterocycles. The first-order valence-corrected chi connectivity index (χ1v) is 8.31. The van der Waals surface area contributed by atoms with Gasteiger partial charge in [0.05, 0.1) is 0 Å². The van der Waals surface area contributed by atoms with Gasteiger partial charge in [-0.1, -0.05) is 11.6 Å². The van der Waals surface area contributed by atoms with Gasteiger partial charge in [0.15, 0.2) is 0 Å². The van der Waals surface area contributed by atoms with Crippen LogP contribution >= 0.6 is 11.6 Å². The second-order valence-corrected chi connectivity index (χ2v) is 6.24. The number of amides is 1. The molecule has 2 aromatic rings. The minimum atomic E-state index is -0.491. The van der Waals surface area contributed by atoms with Crippen LogP contribution in [0.4, 0.5) is 17.1 Å². The van der Waals surface area contributed by atoms with Gasteiger partial charge >= 0.3 is 0 Å². The van der Waals surface area contributed by atoms with Crippen LogP contribution in [0, 0.1) is 0 Å². The molecule has 1 amide bonds. The SMILES string of the molecule is O=C(CCNc1c(N2CCCC2)c(=O)c1=O)Nc1ccc(Cl)cc1. The number of rotatable bonds is 6.